The Morgan fingerprint density at radius 1 is 1.03 bits per heavy atom. The zero-order valence-electron chi connectivity index (χ0n) is 17.6. The van der Waals surface area contributed by atoms with Gasteiger partial charge in [0.25, 0.3) is 11.1 Å². The minimum Gasteiger partial charge on any atom is -0.493 e. The van der Waals surface area contributed by atoms with Gasteiger partial charge in [0, 0.05) is 0 Å². The van der Waals surface area contributed by atoms with E-state index in [0.717, 1.165) is 28.5 Å². The molecular formula is C23H25NO5S. The van der Waals surface area contributed by atoms with Crippen molar-refractivity contribution < 1.29 is 23.8 Å². The van der Waals surface area contributed by atoms with Crippen LogP contribution in [0.4, 0.5) is 4.79 Å². The number of hydrogen-bond donors (Lipinski definition) is 0. The highest BCUT2D eigenvalue weighted by molar-refractivity contribution is 8.18. The third-order valence-electron chi connectivity index (χ3n) is 4.62. The zero-order chi connectivity index (χ0) is 21.7. The molecule has 0 N–H and O–H groups in total. The van der Waals surface area contributed by atoms with Gasteiger partial charge >= 0.3 is 0 Å². The van der Waals surface area contributed by atoms with Gasteiger partial charge in [-0.2, -0.15) is 0 Å². The summed E-state index contributed by atoms with van der Waals surface area (Å²) in [6, 6.07) is 11.3. The molecule has 6 nitrogen and oxygen atoms in total. The SMILES string of the molecule is CCOc1cc(/C=C2\SC(=O)N(CCOc3ccc(C)cc3)C2=O)c(C)cc1OC. The van der Waals surface area contributed by atoms with Crippen molar-refractivity contribution in [1.82, 2.24) is 4.90 Å². The Hall–Kier alpha value is -2.93. The van der Waals surface area contributed by atoms with Gasteiger partial charge in [-0.05, 0) is 74.0 Å². The fraction of sp³-hybridized carbons (Fsp3) is 0.304. The van der Waals surface area contributed by atoms with E-state index in [4.69, 9.17) is 14.2 Å². The van der Waals surface area contributed by atoms with Gasteiger partial charge in [0.15, 0.2) is 11.5 Å². The number of benzene rings is 2. The highest BCUT2D eigenvalue weighted by atomic mass is 32.2. The Bertz CT molecular complexity index is 968. The van der Waals surface area contributed by atoms with E-state index in [9.17, 15) is 9.59 Å². The Labute approximate surface area is 180 Å². The molecule has 0 unspecified atom stereocenters. The summed E-state index contributed by atoms with van der Waals surface area (Å²) in [6.07, 6.45) is 1.73. The fourth-order valence-electron chi connectivity index (χ4n) is 2.98. The Morgan fingerprint density at radius 3 is 2.43 bits per heavy atom. The summed E-state index contributed by atoms with van der Waals surface area (Å²) in [5, 5.41) is -0.296. The second kappa shape index (κ2) is 9.71. The number of aryl methyl sites for hydroxylation is 2. The number of ether oxygens (including phenoxy) is 3. The van der Waals surface area contributed by atoms with E-state index in [1.807, 2.05) is 57.2 Å². The predicted octanol–water partition coefficient (Wildman–Crippen LogP) is 4.83. The van der Waals surface area contributed by atoms with Crippen LogP contribution in [0.5, 0.6) is 17.2 Å². The van der Waals surface area contributed by atoms with E-state index >= 15 is 0 Å². The van der Waals surface area contributed by atoms with Crippen LogP contribution < -0.4 is 14.2 Å². The minimum atomic E-state index is -0.314. The van der Waals surface area contributed by atoms with Gasteiger partial charge in [-0.15, -0.1) is 0 Å². The lowest BCUT2D eigenvalue weighted by molar-refractivity contribution is -0.123. The van der Waals surface area contributed by atoms with Crippen molar-refractivity contribution in [3.05, 3.63) is 58.0 Å². The largest absolute Gasteiger partial charge is 0.493 e. The molecule has 0 aliphatic carbocycles. The number of thioether (sulfide) groups is 1. The molecule has 30 heavy (non-hydrogen) atoms. The molecule has 0 spiro atoms. The molecular weight excluding hydrogens is 402 g/mol. The molecule has 2 amide bonds. The first-order chi connectivity index (χ1) is 14.4. The van der Waals surface area contributed by atoms with E-state index in [2.05, 4.69) is 0 Å². The van der Waals surface area contributed by atoms with Crippen LogP contribution in [0.3, 0.4) is 0 Å². The molecule has 2 aromatic carbocycles. The van der Waals surface area contributed by atoms with E-state index in [1.165, 1.54) is 4.90 Å². The molecule has 2 aromatic rings. The molecule has 0 saturated carbocycles. The molecule has 1 heterocycles. The van der Waals surface area contributed by atoms with Gasteiger partial charge in [0.05, 0.1) is 25.2 Å². The van der Waals surface area contributed by atoms with E-state index in [-0.39, 0.29) is 24.3 Å². The van der Waals surface area contributed by atoms with Crippen molar-refractivity contribution in [2.24, 2.45) is 0 Å². The van der Waals surface area contributed by atoms with Crippen LogP contribution in [0.1, 0.15) is 23.6 Å². The van der Waals surface area contributed by atoms with Gasteiger partial charge in [-0.1, -0.05) is 17.7 Å². The summed E-state index contributed by atoms with van der Waals surface area (Å²) >= 11 is 0.934. The molecule has 158 valence electrons. The summed E-state index contributed by atoms with van der Waals surface area (Å²) < 4.78 is 16.6. The molecule has 0 radical (unpaired) electrons. The summed E-state index contributed by atoms with van der Waals surface area (Å²) in [7, 11) is 1.58. The maximum atomic E-state index is 12.8. The predicted molar refractivity (Wildman–Crippen MR) is 118 cm³/mol. The molecule has 7 heteroatoms. The summed E-state index contributed by atoms with van der Waals surface area (Å²) in [5.41, 5.74) is 2.87. The number of nitrogens with zero attached hydrogens (tertiary/aromatic N) is 1. The summed E-state index contributed by atoms with van der Waals surface area (Å²) in [6.45, 7) is 6.74. The third kappa shape index (κ3) is 4.97. The van der Waals surface area contributed by atoms with Crippen LogP contribution in [0.15, 0.2) is 41.3 Å². The number of amides is 2. The highest BCUT2D eigenvalue weighted by Gasteiger charge is 2.35. The Morgan fingerprint density at radius 2 is 1.77 bits per heavy atom. The Kier molecular flexibility index (Phi) is 7.05. The van der Waals surface area contributed by atoms with Crippen LogP contribution in [-0.4, -0.2) is 42.9 Å². The number of carbonyl (C=O) groups excluding carboxylic acids is 2. The zero-order valence-corrected chi connectivity index (χ0v) is 18.4. The van der Waals surface area contributed by atoms with Crippen molar-refractivity contribution in [3.8, 4) is 17.2 Å². The average Bonchev–Trinajstić information content (AvgIpc) is 2.99. The lowest BCUT2D eigenvalue weighted by atomic mass is 10.1. The monoisotopic (exact) mass is 427 g/mol. The molecule has 1 saturated heterocycles. The third-order valence-corrected chi connectivity index (χ3v) is 5.52. The summed E-state index contributed by atoms with van der Waals surface area (Å²) in [4.78, 5) is 26.7. The smallest absolute Gasteiger partial charge is 0.293 e. The number of hydrogen-bond acceptors (Lipinski definition) is 6. The lowest BCUT2D eigenvalue weighted by Crippen LogP contribution is -2.32. The standard InChI is InChI=1S/C23H25NO5S/c1-5-28-20-13-17(16(3)12-19(20)27-4)14-21-22(25)24(23(26)30-21)10-11-29-18-8-6-15(2)7-9-18/h6-9,12-14H,5,10-11H2,1-4H3/b21-14-. The molecule has 0 bridgehead atoms. The van der Waals surface area contributed by atoms with Crippen LogP contribution in [0.25, 0.3) is 6.08 Å². The van der Waals surface area contributed by atoms with E-state index < -0.39 is 0 Å². The maximum absolute atomic E-state index is 12.8. The van der Waals surface area contributed by atoms with Gasteiger partial charge in [-0.25, -0.2) is 0 Å². The van der Waals surface area contributed by atoms with Crippen molar-refractivity contribution in [3.63, 3.8) is 0 Å². The second-order valence-corrected chi connectivity index (χ2v) is 7.78. The van der Waals surface area contributed by atoms with E-state index in [1.54, 1.807) is 13.2 Å². The molecule has 0 aromatic heterocycles. The average molecular weight is 428 g/mol. The van der Waals surface area contributed by atoms with Gasteiger partial charge < -0.3 is 14.2 Å². The number of imide groups is 1. The normalized spacial score (nSPS) is 15.1. The first kappa shape index (κ1) is 21.8. The van der Waals surface area contributed by atoms with Gasteiger partial charge in [-0.3, -0.25) is 14.5 Å². The molecule has 1 fully saturated rings. The number of carbonyl (C=O) groups is 2. The van der Waals surface area contributed by atoms with Crippen LogP contribution >= 0.6 is 11.8 Å². The molecule has 3 rings (SSSR count). The molecule has 0 atom stereocenters. The summed E-state index contributed by atoms with van der Waals surface area (Å²) in [5.74, 6) is 1.63. The topological polar surface area (TPSA) is 65.1 Å². The van der Waals surface area contributed by atoms with E-state index in [0.29, 0.717) is 28.8 Å². The highest BCUT2D eigenvalue weighted by Crippen LogP contribution is 2.36. The maximum Gasteiger partial charge on any atom is 0.293 e. The van der Waals surface area contributed by atoms with Gasteiger partial charge in [0.1, 0.15) is 12.4 Å². The van der Waals surface area contributed by atoms with Crippen LogP contribution in [0, 0.1) is 13.8 Å². The minimum absolute atomic E-state index is 0.196. The van der Waals surface area contributed by atoms with Crippen molar-refractivity contribution in [2.45, 2.75) is 20.8 Å². The fourth-order valence-corrected chi connectivity index (χ4v) is 3.84. The van der Waals surface area contributed by atoms with Gasteiger partial charge in [0.2, 0.25) is 0 Å². The second-order valence-electron chi connectivity index (χ2n) is 6.79. The van der Waals surface area contributed by atoms with Crippen LogP contribution in [-0.2, 0) is 4.79 Å². The quantitative estimate of drug-likeness (QED) is 0.563. The first-order valence-corrected chi connectivity index (χ1v) is 10.5. The number of rotatable bonds is 8. The van der Waals surface area contributed by atoms with Crippen molar-refractivity contribution in [2.75, 3.05) is 26.9 Å². The number of methoxy groups -OCH3 is 1. The lowest BCUT2D eigenvalue weighted by Gasteiger charge is -2.13. The van der Waals surface area contributed by atoms with Crippen LogP contribution in [0.2, 0.25) is 0 Å². The molecule has 1 aliphatic heterocycles. The molecule has 1 aliphatic rings. The van der Waals surface area contributed by atoms with Crippen molar-refractivity contribution in [1.29, 1.82) is 0 Å². The van der Waals surface area contributed by atoms with Crippen molar-refractivity contribution >= 4 is 29.0 Å². The Balaban J connectivity index is 1.71. The first-order valence-electron chi connectivity index (χ1n) is 9.69.